The van der Waals surface area contributed by atoms with Crippen LogP contribution in [0.5, 0.6) is 0 Å². The van der Waals surface area contributed by atoms with Gasteiger partial charge in [0.05, 0.1) is 38.8 Å². The van der Waals surface area contributed by atoms with Crippen molar-refractivity contribution in [2.24, 2.45) is 0 Å². The van der Waals surface area contributed by atoms with Gasteiger partial charge in [-0.15, -0.1) is 11.3 Å². The number of rotatable bonds is 3. The third kappa shape index (κ3) is 4.53. The normalized spacial score (nSPS) is 12.4. The Bertz CT molecular complexity index is 4440. The molecule has 10 aromatic carbocycles. The summed E-state index contributed by atoms with van der Waals surface area (Å²) in [5, 5.41) is 16.0. The molecule has 0 fully saturated rings. The second kappa shape index (κ2) is 12.3. The van der Waals surface area contributed by atoms with Gasteiger partial charge in [-0.25, -0.2) is 9.97 Å². The van der Waals surface area contributed by atoms with E-state index in [1.807, 2.05) is 11.3 Å². The first kappa shape index (κ1) is 33.6. The highest BCUT2D eigenvalue weighted by atomic mass is 32.1. The van der Waals surface area contributed by atoms with Gasteiger partial charge in [-0.3, -0.25) is 4.57 Å². The Balaban J connectivity index is 0.986. The van der Waals surface area contributed by atoms with Gasteiger partial charge in [0.25, 0.3) is 0 Å². The molecule has 15 rings (SSSR count). The van der Waals surface area contributed by atoms with Gasteiger partial charge in [0.1, 0.15) is 0 Å². The number of thiophene rings is 1. The number of aromatic nitrogens is 4. The molecule has 290 valence electrons. The topological polar surface area (TPSA) is 35.1 Å². The van der Waals surface area contributed by atoms with Crippen molar-refractivity contribution < 1.29 is 0 Å². The number of nitrogens with zero attached hydrogens (tertiary/aromatic N) is 4. The van der Waals surface area contributed by atoms with Crippen LogP contribution in [0, 0.1) is 0 Å². The fourth-order valence-electron chi connectivity index (χ4n) is 10.8. The zero-order valence-corrected chi connectivity index (χ0v) is 34.5. The fraction of sp³-hybridized carbons (Fsp3) is 0. The molecule has 0 aliphatic carbocycles. The third-order valence-corrected chi connectivity index (χ3v) is 14.7. The summed E-state index contributed by atoms with van der Waals surface area (Å²) < 4.78 is 7.43. The average Bonchev–Trinajstić information content (AvgIpc) is 4.08. The smallest absolute Gasteiger partial charge is 0.235 e. The number of hydrogen-bond donors (Lipinski definition) is 0. The monoisotopic (exact) mass is 816 g/mol. The van der Waals surface area contributed by atoms with Gasteiger partial charge in [-0.1, -0.05) is 127 Å². The summed E-state index contributed by atoms with van der Waals surface area (Å²) >= 11 is 1.88. The molecule has 63 heavy (non-hydrogen) atoms. The molecule has 5 heteroatoms. The highest BCUT2D eigenvalue weighted by Gasteiger charge is 2.23. The van der Waals surface area contributed by atoms with Crippen molar-refractivity contribution >= 4 is 124 Å². The van der Waals surface area contributed by atoms with Crippen LogP contribution < -0.4 is 0 Å². The highest BCUT2D eigenvalue weighted by molar-refractivity contribution is 7.26. The summed E-state index contributed by atoms with van der Waals surface area (Å²) in [6, 6.07) is 71.1. The lowest BCUT2D eigenvalue weighted by Crippen LogP contribution is -2.03. The average molecular weight is 817 g/mol. The Kier molecular flexibility index (Phi) is 6.53. The van der Waals surface area contributed by atoms with E-state index in [-0.39, 0.29) is 0 Å². The van der Waals surface area contributed by atoms with Crippen molar-refractivity contribution in [2.75, 3.05) is 0 Å². The van der Waals surface area contributed by atoms with Crippen LogP contribution in [0.4, 0.5) is 0 Å². The molecule has 15 aromatic rings. The SMILES string of the molecule is c1ccc(-c2nc(-n3c4ccccc4c4cc(-c5cc6c7ccccc7n7c8cc9c(ccc%10sc%11ccccc%11c%109)cc8c(c5)c67)ccc43)nc3c2ccc2ccccc23)cc1. The first-order valence-corrected chi connectivity index (χ1v) is 22.3. The molecule has 0 N–H and O–H groups in total. The van der Waals surface area contributed by atoms with E-state index < -0.39 is 0 Å². The van der Waals surface area contributed by atoms with E-state index in [9.17, 15) is 0 Å². The Labute approximate surface area is 363 Å². The van der Waals surface area contributed by atoms with Crippen molar-refractivity contribution in [3.63, 3.8) is 0 Å². The van der Waals surface area contributed by atoms with E-state index in [4.69, 9.17) is 9.97 Å². The molecule has 5 heterocycles. The lowest BCUT2D eigenvalue weighted by atomic mass is 9.97. The first-order chi connectivity index (χ1) is 31.2. The minimum Gasteiger partial charge on any atom is -0.308 e. The molecule has 0 unspecified atom stereocenters. The first-order valence-electron chi connectivity index (χ1n) is 21.5. The molecular weight excluding hydrogens is 785 g/mol. The minimum atomic E-state index is 0.663. The standard InChI is InChI=1S/C58H32N4S/c1-2-13-34(14-3-1)55-42-25-22-33-12-4-5-15-38(33)56(42)60-58(59-55)62-49-20-10-6-16-39(49)44-28-35(23-26-50(44)62)37-30-46-40-17-7-9-19-48(40)61-51-32-43-36(29-45(51)47(31-37)57(46)61)24-27-53-54(43)41-18-8-11-21-52(41)63-53/h1-32H. The van der Waals surface area contributed by atoms with E-state index >= 15 is 0 Å². The van der Waals surface area contributed by atoms with E-state index in [1.165, 1.54) is 90.9 Å². The van der Waals surface area contributed by atoms with Crippen molar-refractivity contribution in [2.45, 2.75) is 0 Å². The Morgan fingerprint density at radius 3 is 1.89 bits per heavy atom. The molecule has 0 atom stereocenters. The van der Waals surface area contributed by atoms with E-state index in [0.29, 0.717) is 5.95 Å². The molecule has 0 bridgehead atoms. The molecule has 0 saturated heterocycles. The Morgan fingerprint density at radius 2 is 1.02 bits per heavy atom. The number of para-hydroxylation sites is 2. The maximum Gasteiger partial charge on any atom is 0.235 e. The van der Waals surface area contributed by atoms with E-state index in [1.54, 1.807) is 0 Å². The van der Waals surface area contributed by atoms with Crippen LogP contribution in [-0.4, -0.2) is 18.9 Å². The predicted molar refractivity (Wildman–Crippen MR) is 267 cm³/mol. The number of fused-ring (bicyclic) bond motifs is 17. The third-order valence-electron chi connectivity index (χ3n) is 13.6. The summed E-state index contributed by atoms with van der Waals surface area (Å²) in [5.74, 6) is 0.663. The number of benzene rings is 10. The largest absolute Gasteiger partial charge is 0.308 e. The summed E-state index contributed by atoms with van der Waals surface area (Å²) in [7, 11) is 0. The van der Waals surface area contributed by atoms with Crippen LogP contribution in [0.15, 0.2) is 194 Å². The van der Waals surface area contributed by atoms with Crippen molar-refractivity contribution in [1.29, 1.82) is 0 Å². The van der Waals surface area contributed by atoms with Gasteiger partial charge in [-0.05, 0) is 94.0 Å². The molecule has 0 radical (unpaired) electrons. The van der Waals surface area contributed by atoms with Crippen molar-refractivity contribution in [3.05, 3.63) is 194 Å². The van der Waals surface area contributed by atoms with Crippen LogP contribution in [0.1, 0.15) is 0 Å². The van der Waals surface area contributed by atoms with Gasteiger partial charge in [0, 0.05) is 68.8 Å². The van der Waals surface area contributed by atoms with Crippen LogP contribution in [0.3, 0.4) is 0 Å². The van der Waals surface area contributed by atoms with Crippen LogP contribution in [-0.2, 0) is 0 Å². The molecule has 5 aromatic heterocycles. The summed E-state index contributed by atoms with van der Waals surface area (Å²) in [6.07, 6.45) is 0. The summed E-state index contributed by atoms with van der Waals surface area (Å²) in [5.41, 5.74) is 11.2. The molecular formula is C58H32N4S. The lowest BCUT2D eigenvalue weighted by molar-refractivity contribution is 1.02. The molecule has 0 saturated carbocycles. The van der Waals surface area contributed by atoms with Gasteiger partial charge >= 0.3 is 0 Å². The van der Waals surface area contributed by atoms with Gasteiger partial charge < -0.3 is 4.40 Å². The Morgan fingerprint density at radius 1 is 0.349 bits per heavy atom. The second-order valence-electron chi connectivity index (χ2n) is 16.9. The van der Waals surface area contributed by atoms with Crippen LogP contribution in [0.25, 0.3) is 141 Å². The molecule has 0 amide bonds. The highest BCUT2D eigenvalue weighted by Crippen LogP contribution is 2.46. The Hall–Kier alpha value is -8.12. The van der Waals surface area contributed by atoms with Crippen LogP contribution in [0.2, 0.25) is 0 Å². The lowest BCUT2D eigenvalue weighted by Gasteiger charge is -2.13. The zero-order chi connectivity index (χ0) is 40.9. The molecule has 4 nitrogen and oxygen atoms in total. The van der Waals surface area contributed by atoms with Gasteiger partial charge in [0.2, 0.25) is 5.95 Å². The number of hydrogen-bond acceptors (Lipinski definition) is 3. The van der Waals surface area contributed by atoms with Gasteiger partial charge in [-0.2, -0.15) is 0 Å². The summed E-state index contributed by atoms with van der Waals surface area (Å²) in [6.45, 7) is 0. The fourth-order valence-corrected chi connectivity index (χ4v) is 12.0. The van der Waals surface area contributed by atoms with Crippen molar-refractivity contribution in [1.82, 2.24) is 18.9 Å². The van der Waals surface area contributed by atoms with E-state index in [0.717, 1.165) is 44.0 Å². The van der Waals surface area contributed by atoms with Gasteiger partial charge in [0.15, 0.2) is 0 Å². The zero-order valence-electron chi connectivity index (χ0n) is 33.7. The predicted octanol–water partition coefficient (Wildman–Crippen LogP) is 15.9. The maximum absolute atomic E-state index is 5.42. The molecule has 0 aliphatic heterocycles. The molecule has 0 spiro atoms. The maximum atomic E-state index is 5.42. The second-order valence-corrected chi connectivity index (χ2v) is 18.0. The van der Waals surface area contributed by atoms with E-state index in [2.05, 4.69) is 203 Å². The molecule has 0 aliphatic rings. The quantitative estimate of drug-likeness (QED) is 0.167. The summed E-state index contributed by atoms with van der Waals surface area (Å²) in [4.78, 5) is 10.8. The minimum absolute atomic E-state index is 0.663. The van der Waals surface area contributed by atoms with Crippen LogP contribution >= 0.6 is 11.3 Å². The van der Waals surface area contributed by atoms with Crippen molar-refractivity contribution in [3.8, 4) is 28.3 Å².